The van der Waals surface area contributed by atoms with Crippen LogP contribution in [0.15, 0.2) is 18.2 Å². The van der Waals surface area contributed by atoms with Gasteiger partial charge in [-0.15, -0.1) is 0 Å². The van der Waals surface area contributed by atoms with Gasteiger partial charge in [-0.25, -0.2) is 0 Å². The lowest BCUT2D eigenvalue weighted by molar-refractivity contribution is 0.637. The zero-order valence-electron chi connectivity index (χ0n) is 9.10. The van der Waals surface area contributed by atoms with Crippen LogP contribution in [0.2, 0.25) is 10.0 Å². The summed E-state index contributed by atoms with van der Waals surface area (Å²) in [5.41, 5.74) is 1.02. The molecule has 0 amide bonds. The smallest absolute Gasteiger partial charge is 0.0441 e. The molecule has 2 nitrogen and oxygen atoms in total. The van der Waals surface area contributed by atoms with Gasteiger partial charge in [0.1, 0.15) is 0 Å². The zero-order chi connectivity index (χ0) is 11.4. The van der Waals surface area contributed by atoms with Crippen molar-refractivity contribution in [2.45, 2.75) is 25.3 Å². The molecule has 2 N–H and O–H groups in total. The summed E-state index contributed by atoms with van der Waals surface area (Å²) in [7, 11) is 0. The average Bonchev–Trinajstić information content (AvgIpc) is 2.44. The van der Waals surface area contributed by atoms with E-state index in [1.807, 2.05) is 12.1 Å². The molecule has 0 bridgehead atoms. The highest BCUT2D eigenvalue weighted by molar-refractivity contribution is 6.35. The predicted octanol–water partition coefficient (Wildman–Crippen LogP) is 3.55. The minimum atomic E-state index is 0.518. The monoisotopic (exact) mass is 258 g/mol. The summed E-state index contributed by atoms with van der Waals surface area (Å²) in [6.07, 6.45) is 3.55. The van der Waals surface area contributed by atoms with Crippen molar-refractivity contribution in [1.82, 2.24) is 5.32 Å². The Kier molecular flexibility index (Phi) is 4.33. The Hall–Kier alpha value is -0.440. The van der Waals surface area contributed by atoms with E-state index in [2.05, 4.69) is 10.6 Å². The van der Waals surface area contributed by atoms with Crippen LogP contribution in [-0.2, 0) is 0 Å². The molecule has 0 aromatic heterocycles. The third kappa shape index (κ3) is 3.55. The first-order valence-corrected chi connectivity index (χ1v) is 6.43. The fourth-order valence-electron chi connectivity index (χ4n) is 2.04. The maximum Gasteiger partial charge on any atom is 0.0441 e. The third-order valence-corrected chi connectivity index (χ3v) is 3.25. The largest absolute Gasteiger partial charge is 0.382 e. The van der Waals surface area contributed by atoms with Crippen molar-refractivity contribution in [3.8, 4) is 0 Å². The molecule has 1 atom stereocenters. The van der Waals surface area contributed by atoms with Crippen molar-refractivity contribution in [3.05, 3.63) is 28.2 Å². The van der Waals surface area contributed by atoms with E-state index in [0.717, 1.165) is 25.2 Å². The van der Waals surface area contributed by atoms with Crippen LogP contribution in [0.5, 0.6) is 0 Å². The molecule has 1 aliphatic heterocycles. The van der Waals surface area contributed by atoms with Gasteiger partial charge in [0.25, 0.3) is 0 Å². The SMILES string of the molecule is Clc1cc(Cl)cc(NC2CCCNCC2)c1. The fraction of sp³-hybridized carbons (Fsp3) is 0.500. The Balaban J connectivity index is 2.01. The third-order valence-electron chi connectivity index (χ3n) is 2.81. The number of anilines is 1. The number of halogens is 2. The molecule has 4 heteroatoms. The Bertz CT molecular complexity index is 327. The van der Waals surface area contributed by atoms with Gasteiger partial charge < -0.3 is 10.6 Å². The molecule has 1 fully saturated rings. The minimum absolute atomic E-state index is 0.518. The van der Waals surface area contributed by atoms with Gasteiger partial charge in [0.15, 0.2) is 0 Å². The molecule has 0 spiro atoms. The lowest BCUT2D eigenvalue weighted by Crippen LogP contribution is -2.21. The highest BCUT2D eigenvalue weighted by atomic mass is 35.5. The van der Waals surface area contributed by atoms with Crippen molar-refractivity contribution in [1.29, 1.82) is 0 Å². The molecule has 16 heavy (non-hydrogen) atoms. The average molecular weight is 259 g/mol. The molecule has 1 unspecified atom stereocenters. The predicted molar refractivity (Wildman–Crippen MR) is 70.6 cm³/mol. The maximum absolute atomic E-state index is 5.96. The topological polar surface area (TPSA) is 24.1 Å². The van der Waals surface area contributed by atoms with Gasteiger partial charge in [0, 0.05) is 21.8 Å². The molecule has 1 aromatic carbocycles. The van der Waals surface area contributed by atoms with Gasteiger partial charge in [0.05, 0.1) is 0 Å². The number of hydrogen-bond donors (Lipinski definition) is 2. The summed E-state index contributed by atoms with van der Waals surface area (Å²) in [4.78, 5) is 0. The summed E-state index contributed by atoms with van der Waals surface area (Å²) in [5.74, 6) is 0. The van der Waals surface area contributed by atoms with Gasteiger partial charge in [0.2, 0.25) is 0 Å². The van der Waals surface area contributed by atoms with Gasteiger partial charge in [-0.1, -0.05) is 23.2 Å². The van der Waals surface area contributed by atoms with Crippen LogP contribution in [-0.4, -0.2) is 19.1 Å². The molecule has 1 heterocycles. The van der Waals surface area contributed by atoms with E-state index in [1.165, 1.54) is 12.8 Å². The van der Waals surface area contributed by atoms with Crippen LogP contribution in [0, 0.1) is 0 Å². The summed E-state index contributed by atoms with van der Waals surface area (Å²) < 4.78 is 0. The zero-order valence-corrected chi connectivity index (χ0v) is 10.6. The molecule has 0 radical (unpaired) electrons. The molecule has 0 aliphatic carbocycles. The second-order valence-corrected chi connectivity index (χ2v) is 5.05. The Morgan fingerprint density at radius 2 is 1.81 bits per heavy atom. The maximum atomic E-state index is 5.96. The minimum Gasteiger partial charge on any atom is -0.382 e. The first kappa shape index (κ1) is 12.0. The number of hydrogen-bond acceptors (Lipinski definition) is 2. The molecule has 1 saturated heterocycles. The van der Waals surface area contributed by atoms with Crippen LogP contribution in [0.25, 0.3) is 0 Å². The van der Waals surface area contributed by atoms with Crippen molar-refractivity contribution >= 4 is 28.9 Å². The van der Waals surface area contributed by atoms with Crippen LogP contribution >= 0.6 is 23.2 Å². The van der Waals surface area contributed by atoms with Crippen molar-refractivity contribution in [3.63, 3.8) is 0 Å². The molecular weight excluding hydrogens is 243 g/mol. The lowest BCUT2D eigenvalue weighted by Gasteiger charge is -2.17. The van der Waals surface area contributed by atoms with Crippen molar-refractivity contribution in [2.75, 3.05) is 18.4 Å². The molecule has 0 saturated carbocycles. The van der Waals surface area contributed by atoms with Gasteiger partial charge in [-0.3, -0.25) is 0 Å². The van der Waals surface area contributed by atoms with E-state index in [9.17, 15) is 0 Å². The molecule has 1 aromatic rings. The highest BCUT2D eigenvalue weighted by Gasteiger charge is 2.11. The van der Waals surface area contributed by atoms with Crippen LogP contribution in [0.3, 0.4) is 0 Å². The Morgan fingerprint density at radius 1 is 1.06 bits per heavy atom. The normalized spacial score (nSPS) is 21.5. The quantitative estimate of drug-likeness (QED) is 0.848. The summed E-state index contributed by atoms with van der Waals surface area (Å²) in [5, 5.41) is 8.25. The first-order valence-electron chi connectivity index (χ1n) is 5.67. The summed E-state index contributed by atoms with van der Waals surface area (Å²) >= 11 is 11.9. The lowest BCUT2D eigenvalue weighted by atomic mass is 10.1. The van der Waals surface area contributed by atoms with Gasteiger partial charge in [-0.2, -0.15) is 0 Å². The van der Waals surface area contributed by atoms with Crippen molar-refractivity contribution in [2.24, 2.45) is 0 Å². The van der Waals surface area contributed by atoms with E-state index in [4.69, 9.17) is 23.2 Å². The van der Waals surface area contributed by atoms with E-state index in [1.54, 1.807) is 6.07 Å². The first-order chi connectivity index (χ1) is 7.74. The standard InChI is InChI=1S/C12H16Cl2N2/c13-9-6-10(14)8-12(7-9)16-11-2-1-4-15-5-3-11/h6-8,11,15-16H,1-5H2. The Labute approximate surface area is 106 Å². The van der Waals surface area contributed by atoms with Gasteiger partial charge >= 0.3 is 0 Å². The molecule has 2 rings (SSSR count). The van der Waals surface area contributed by atoms with Crippen LogP contribution < -0.4 is 10.6 Å². The van der Waals surface area contributed by atoms with Gasteiger partial charge in [-0.05, 0) is 50.6 Å². The fourth-order valence-corrected chi connectivity index (χ4v) is 2.56. The Morgan fingerprint density at radius 3 is 2.56 bits per heavy atom. The van der Waals surface area contributed by atoms with Crippen LogP contribution in [0.4, 0.5) is 5.69 Å². The second kappa shape index (κ2) is 5.76. The van der Waals surface area contributed by atoms with Crippen molar-refractivity contribution < 1.29 is 0 Å². The molecule has 88 valence electrons. The van der Waals surface area contributed by atoms with E-state index >= 15 is 0 Å². The molecular formula is C12H16Cl2N2. The number of rotatable bonds is 2. The molecule has 1 aliphatic rings. The van der Waals surface area contributed by atoms with Crippen LogP contribution in [0.1, 0.15) is 19.3 Å². The summed E-state index contributed by atoms with van der Waals surface area (Å²) in [6, 6.07) is 6.12. The van der Waals surface area contributed by atoms with E-state index < -0.39 is 0 Å². The van der Waals surface area contributed by atoms with E-state index in [0.29, 0.717) is 16.1 Å². The highest BCUT2D eigenvalue weighted by Crippen LogP contribution is 2.24. The van der Waals surface area contributed by atoms with E-state index in [-0.39, 0.29) is 0 Å². The summed E-state index contributed by atoms with van der Waals surface area (Å²) in [6.45, 7) is 2.19. The second-order valence-electron chi connectivity index (χ2n) is 4.18. The number of nitrogens with one attached hydrogen (secondary N) is 2. The number of benzene rings is 1.